The van der Waals surface area contributed by atoms with Crippen LogP contribution in [0.5, 0.6) is 0 Å². The lowest BCUT2D eigenvalue weighted by molar-refractivity contribution is 0.387. The number of rotatable bonds is 7. The van der Waals surface area contributed by atoms with Crippen LogP contribution in [0.3, 0.4) is 0 Å². The third-order valence-electron chi connectivity index (χ3n) is 2.79. The molecular formula is C11H25N. The molecule has 1 nitrogen and oxygen atoms in total. The predicted octanol–water partition coefficient (Wildman–Crippen LogP) is 3.19. The first-order valence-electron chi connectivity index (χ1n) is 5.44. The van der Waals surface area contributed by atoms with Crippen LogP contribution >= 0.6 is 0 Å². The van der Waals surface area contributed by atoms with Crippen molar-refractivity contribution in [1.82, 2.24) is 0 Å². The van der Waals surface area contributed by atoms with E-state index < -0.39 is 0 Å². The van der Waals surface area contributed by atoms with Gasteiger partial charge in [0.2, 0.25) is 0 Å². The molecule has 0 aromatic carbocycles. The lowest BCUT2D eigenvalue weighted by Crippen LogP contribution is -2.15. The highest BCUT2D eigenvalue weighted by Crippen LogP contribution is 2.17. The molecule has 0 rings (SSSR count). The summed E-state index contributed by atoms with van der Waals surface area (Å²) in [5, 5.41) is 0. The van der Waals surface area contributed by atoms with Crippen LogP contribution in [0.15, 0.2) is 0 Å². The molecule has 74 valence electrons. The first kappa shape index (κ1) is 12.0. The van der Waals surface area contributed by atoms with E-state index in [0.717, 1.165) is 18.4 Å². The molecule has 0 fully saturated rings. The van der Waals surface area contributed by atoms with Crippen LogP contribution in [0.4, 0.5) is 0 Å². The lowest BCUT2D eigenvalue weighted by Gasteiger charge is -2.15. The van der Waals surface area contributed by atoms with E-state index in [9.17, 15) is 0 Å². The minimum absolute atomic E-state index is 0.781. The SMILES string of the molecule is CCCC(CN)CCC(C)CC. The van der Waals surface area contributed by atoms with Gasteiger partial charge in [0.05, 0.1) is 0 Å². The van der Waals surface area contributed by atoms with Crippen molar-refractivity contribution < 1.29 is 0 Å². The van der Waals surface area contributed by atoms with Crippen molar-refractivity contribution in [3.8, 4) is 0 Å². The van der Waals surface area contributed by atoms with Crippen LogP contribution in [0, 0.1) is 11.8 Å². The molecule has 0 saturated carbocycles. The Labute approximate surface area is 77.7 Å². The van der Waals surface area contributed by atoms with Gasteiger partial charge in [-0.15, -0.1) is 0 Å². The van der Waals surface area contributed by atoms with Gasteiger partial charge in [-0.2, -0.15) is 0 Å². The van der Waals surface area contributed by atoms with Crippen LogP contribution in [0.2, 0.25) is 0 Å². The molecule has 0 heterocycles. The van der Waals surface area contributed by atoms with E-state index in [1.807, 2.05) is 0 Å². The van der Waals surface area contributed by atoms with E-state index in [0.29, 0.717) is 0 Å². The smallest absolute Gasteiger partial charge is 0.00489 e. The third-order valence-corrected chi connectivity index (χ3v) is 2.79. The molecule has 0 aliphatic rings. The molecule has 2 unspecified atom stereocenters. The Balaban J connectivity index is 3.43. The van der Waals surface area contributed by atoms with Crippen molar-refractivity contribution in [3.05, 3.63) is 0 Å². The fourth-order valence-corrected chi connectivity index (χ4v) is 1.51. The minimum Gasteiger partial charge on any atom is -0.330 e. The molecule has 12 heavy (non-hydrogen) atoms. The maximum atomic E-state index is 5.69. The van der Waals surface area contributed by atoms with E-state index in [1.54, 1.807) is 0 Å². The third kappa shape index (κ3) is 5.59. The Bertz CT molecular complexity index is 91.0. The Morgan fingerprint density at radius 2 is 1.75 bits per heavy atom. The Morgan fingerprint density at radius 1 is 1.08 bits per heavy atom. The fourth-order valence-electron chi connectivity index (χ4n) is 1.51. The molecule has 2 atom stereocenters. The highest BCUT2D eigenvalue weighted by Gasteiger charge is 2.07. The summed E-state index contributed by atoms with van der Waals surface area (Å²) in [5.41, 5.74) is 5.69. The monoisotopic (exact) mass is 171 g/mol. The molecule has 0 bridgehead atoms. The summed E-state index contributed by atoms with van der Waals surface area (Å²) in [6.07, 6.45) is 6.59. The summed E-state index contributed by atoms with van der Waals surface area (Å²) < 4.78 is 0. The van der Waals surface area contributed by atoms with Gasteiger partial charge < -0.3 is 5.73 Å². The second kappa shape index (κ2) is 7.60. The highest BCUT2D eigenvalue weighted by atomic mass is 14.5. The van der Waals surface area contributed by atoms with Crippen LogP contribution < -0.4 is 5.73 Å². The lowest BCUT2D eigenvalue weighted by atomic mass is 9.92. The molecule has 0 saturated heterocycles. The molecule has 0 aromatic rings. The average Bonchev–Trinajstić information content (AvgIpc) is 2.11. The first-order chi connectivity index (χ1) is 5.74. The van der Waals surface area contributed by atoms with Gasteiger partial charge >= 0.3 is 0 Å². The molecule has 0 spiro atoms. The van der Waals surface area contributed by atoms with E-state index in [-0.39, 0.29) is 0 Å². The van der Waals surface area contributed by atoms with E-state index >= 15 is 0 Å². The highest BCUT2D eigenvalue weighted by molar-refractivity contribution is 4.61. The summed E-state index contributed by atoms with van der Waals surface area (Å²) >= 11 is 0. The second-order valence-corrected chi connectivity index (χ2v) is 3.98. The largest absolute Gasteiger partial charge is 0.330 e. The van der Waals surface area contributed by atoms with Gasteiger partial charge in [0.1, 0.15) is 0 Å². The maximum absolute atomic E-state index is 5.69. The molecule has 0 amide bonds. The Hall–Kier alpha value is -0.0400. The number of hydrogen-bond acceptors (Lipinski definition) is 1. The summed E-state index contributed by atoms with van der Waals surface area (Å²) in [6, 6.07) is 0. The van der Waals surface area contributed by atoms with Crippen LogP contribution in [-0.4, -0.2) is 6.54 Å². The summed E-state index contributed by atoms with van der Waals surface area (Å²) in [6.45, 7) is 7.72. The van der Waals surface area contributed by atoms with Gasteiger partial charge in [-0.3, -0.25) is 0 Å². The summed E-state index contributed by atoms with van der Waals surface area (Å²) in [5.74, 6) is 1.67. The van der Waals surface area contributed by atoms with Crippen molar-refractivity contribution in [2.75, 3.05) is 6.54 Å². The van der Waals surface area contributed by atoms with Gasteiger partial charge in [-0.1, -0.05) is 40.0 Å². The zero-order chi connectivity index (χ0) is 9.40. The molecule has 0 radical (unpaired) electrons. The van der Waals surface area contributed by atoms with Gasteiger partial charge in [0, 0.05) is 0 Å². The van der Waals surface area contributed by atoms with Crippen LogP contribution in [-0.2, 0) is 0 Å². The molecule has 2 N–H and O–H groups in total. The van der Waals surface area contributed by atoms with Crippen molar-refractivity contribution in [2.45, 2.75) is 52.9 Å². The van der Waals surface area contributed by atoms with Crippen molar-refractivity contribution >= 4 is 0 Å². The van der Waals surface area contributed by atoms with Gasteiger partial charge in [0.15, 0.2) is 0 Å². The van der Waals surface area contributed by atoms with E-state index in [4.69, 9.17) is 5.73 Å². The van der Waals surface area contributed by atoms with Crippen LogP contribution in [0.1, 0.15) is 52.9 Å². The quantitative estimate of drug-likeness (QED) is 0.625. The van der Waals surface area contributed by atoms with E-state index in [1.165, 1.54) is 32.1 Å². The van der Waals surface area contributed by atoms with Gasteiger partial charge in [-0.05, 0) is 31.2 Å². The zero-order valence-electron chi connectivity index (χ0n) is 8.97. The molecule has 0 aliphatic carbocycles. The average molecular weight is 171 g/mol. The maximum Gasteiger partial charge on any atom is -0.00489 e. The molecule has 0 aromatic heterocycles. The van der Waals surface area contributed by atoms with Crippen molar-refractivity contribution in [1.29, 1.82) is 0 Å². The second-order valence-electron chi connectivity index (χ2n) is 3.98. The number of nitrogens with two attached hydrogens (primary N) is 1. The normalized spacial score (nSPS) is 16.0. The Morgan fingerprint density at radius 3 is 2.17 bits per heavy atom. The summed E-state index contributed by atoms with van der Waals surface area (Å²) in [4.78, 5) is 0. The van der Waals surface area contributed by atoms with Gasteiger partial charge in [0.25, 0.3) is 0 Å². The molecule has 1 heteroatoms. The minimum atomic E-state index is 0.781. The van der Waals surface area contributed by atoms with Crippen molar-refractivity contribution in [2.24, 2.45) is 17.6 Å². The topological polar surface area (TPSA) is 26.0 Å². The van der Waals surface area contributed by atoms with Crippen molar-refractivity contribution in [3.63, 3.8) is 0 Å². The Kier molecular flexibility index (Phi) is 7.58. The standard InChI is InChI=1S/C11H25N/c1-4-6-11(9-12)8-7-10(3)5-2/h10-11H,4-9,12H2,1-3H3. The fraction of sp³-hybridized carbons (Fsp3) is 1.00. The molecule has 0 aliphatic heterocycles. The molecular weight excluding hydrogens is 146 g/mol. The van der Waals surface area contributed by atoms with Gasteiger partial charge in [-0.25, -0.2) is 0 Å². The predicted molar refractivity (Wildman–Crippen MR) is 56.1 cm³/mol. The zero-order valence-corrected chi connectivity index (χ0v) is 8.97. The van der Waals surface area contributed by atoms with Crippen LogP contribution in [0.25, 0.3) is 0 Å². The summed E-state index contributed by atoms with van der Waals surface area (Å²) in [7, 11) is 0. The van der Waals surface area contributed by atoms with E-state index in [2.05, 4.69) is 20.8 Å². The first-order valence-corrected chi connectivity index (χ1v) is 5.44. The number of hydrogen-bond donors (Lipinski definition) is 1.